The second kappa shape index (κ2) is 12.7. The second-order valence-electron chi connectivity index (χ2n) is 11.9. The van der Waals surface area contributed by atoms with Crippen LogP contribution in [0.5, 0.6) is 5.75 Å². The van der Waals surface area contributed by atoms with Crippen LogP contribution in [0.3, 0.4) is 0 Å². The van der Waals surface area contributed by atoms with Crippen LogP contribution in [0.15, 0.2) is 82.9 Å². The first-order valence-corrected chi connectivity index (χ1v) is 15.9. The predicted octanol–water partition coefficient (Wildman–Crippen LogP) is 6.23. The molecule has 1 aliphatic carbocycles. The number of benzene rings is 3. The lowest BCUT2D eigenvalue weighted by molar-refractivity contribution is -0.128. The van der Waals surface area contributed by atoms with Gasteiger partial charge < -0.3 is 15.0 Å². The minimum Gasteiger partial charge on any atom is -0.492 e. The fraction of sp³-hybridized carbons (Fsp3) is 0.400. The van der Waals surface area contributed by atoms with E-state index < -0.39 is 0 Å². The van der Waals surface area contributed by atoms with Gasteiger partial charge in [-0.25, -0.2) is 4.39 Å². The molecule has 2 fully saturated rings. The van der Waals surface area contributed by atoms with Crippen LogP contribution >= 0.6 is 15.9 Å². The first-order valence-electron chi connectivity index (χ1n) is 15.1. The molecule has 3 aromatic carbocycles. The summed E-state index contributed by atoms with van der Waals surface area (Å²) in [5.74, 6) is 0.428. The van der Waals surface area contributed by atoms with Crippen molar-refractivity contribution in [2.75, 3.05) is 26.2 Å². The van der Waals surface area contributed by atoms with Gasteiger partial charge in [0.1, 0.15) is 11.6 Å². The van der Waals surface area contributed by atoms with E-state index in [0.717, 1.165) is 68.2 Å². The molecule has 2 atom stereocenters. The highest BCUT2D eigenvalue weighted by Crippen LogP contribution is 2.36. The van der Waals surface area contributed by atoms with Gasteiger partial charge in [-0.2, -0.15) is 0 Å². The third kappa shape index (κ3) is 6.48. The van der Waals surface area contributed by atoms with Crippen molar-refractivity contribution in [3.05, 3.63) is 111 Å². The molecule has 2 aliphatic heterocycles. The lowest BCUT2D eigenvalue weighted by Gasteiger charge is -2.47. The van der Waals surface area contributed by atoms with Crippen LogP contribution in [-0.2, 0) is 23.2 Å². The van der Waals surface area contributed by atoms with Crippen molar-refractivity contribution in [2.24, 2.45) is 0 Å². The Balaban J connectivity index is 1.08. The molecular formula is C35H39BrFN3O2. The van der Waals surface area contributed by atoms with Crippen molar-refractivity contribution in [1.82, 2.24) is 15.5 Å². The summed E-state index contributed by atoms with van der Waals surface area (Å²) < 4.78 is 20.0. The Labute approximate surface area is 256 Å². The molecule has 3 aromatic rings. The predicted molar refractivity (Wildman–Crippen MR) is 168 cm³/mol. The first kappa shape index (κ1) is 29.1. The van der Waals surface area contributed by atoms with Crippen LogP contribution in [0.4, 0.5) is 4.39 Å². The Kier molecular flexibility index (Phi) is 8.80. The minimum absolute atomic E-state index is 0.00122. The summed E-state index contributed by atoms with van der Waals surface area (Å²) in [5.41, 5.74) is 5.79. The van der Waals surface area contributed by atoms with E-state index in [9.17, 15) is 9.18 Å². The fourth-order valence-electron chi connectivity index (χ4n) is 6.32. The number of piperazine rings is 1. The molecule has 1 saturated heterocycles. The summed E-state index contributed by atoms with van der Waals surface area (Å²) in [5, 5.41) is 7.50. The maximum absolute atomic E-state index is 13.9. The van der Waals surface area contributed by atoms with Gasteiger partial charge in [-0.05, 0) is 95.8 Å². The Hall–Kier alpha value is -3.00. The smallest absolute Gasteiger partial charge is 0.251 e. The summed E-state index contributed by atoms with van der Waals surface area (Å²) in [6.07, 6.45) is 7.81. The molecule has 220 valence electrons. The SMILES string of the molecule is Cc1ccccc1CCN(C(=O)C1=CCC2(c3ccc(CCCOc4cc(F)ccc4Br)cc3)CNCC1N2)C1CC1. The van der Waals surface area contributed by atoms with Gasteiger partial charge in [0.25, 0.3) is 5.91 Å². The monoisotopic (exact) mass is 631 g/mol. The number of nitrogens with zero attached hydrogens (tertiary/aromatic N) is 1. The van der Waals surface area contributed by atoms with Gasteiger partial charge in [-0.1, -0.05) is 54.6 Å². The largest absolute Gasteiger partial charge is 0.492 e. The van der Waals surface area contributed by atoms with Gasteiger partial charge in [0, 0.05) is 37.3 Å². The van der Waals surface area contributed by atoms with E-state index in [1.54, 1.807) is 6.07 Å². The van der Waals surface area contributed by atoms with E-state index in [4.69, 9.17) is 4.74 Å². The molecule has 5 nitrogen and oxygen atoms in total. The summed E-state index contributed by atoms with van der Waals surface area (Å²) >= 11 is 3.41. The number of hydrogen-bond acceptors (Lipinski definition) is 4. The zero-order chi connectivity index (χ0) is 29.1. The van der Waals surface area contributed by atoms with Gasteiger partial charge in [-0.15, -0.1) is 0 Å². The molecule has 3 aliphatic rings. The molecule has 7 heteroatoms. The number of rotatable bonds is 11. The molecule has 1 saturated carbocycles. The number of halogens is 2. The summed E-state index contributed by atoms with van der Waals surface area (Å²) in [7, 11) is 0. The number of ether oxygens (including phenoxy) is 1. The molecule has 0 spiro atoms. The van der Waals surface area contributed by atoms with E-state index in [-0.39, 0.29) is 23.3 Å². The molecule has 1 amide bonds. The van der Waals surface area contributed by atoms with Crippen molar-refractivity contribution in [3.63, 3.8) is 0 Å². The van der Waals surface area contributed by atoms with E-state index in [0.29, 0.717) is 18.4 Å². The topological polar surface area (TPSA) is 53.6 Å². The van der Waals surface area contributed by atoms with Crippen LogP contribution in [0.1, 0.15) is 47.9 Å². The van der Waals surface area contributed by atoms with Crippen LogP contribution in [0.25, 0.3) is 0 Å². The number of carbonyl (C=O) groups excluding carboxylic acids is 1. The molecule has 0 aromatic heterocycles. The molecule has 2 N–H and O–H groups in total. The van der Waals surface area contributed by atoms with Gasteiger partial charge >= 0.3 is 0 Å². The van der Waals surface area contributed by atoms with Crippen molar-refractivity contribution in [2.45, 2.75) is 63.1 Å². The first-order chi connectivity index (χ1) is 20.4. The second-order valence-corrected chi connectivity index (χ2v) is 12.8. The fourth-order valence-corrected chi connectivity index (χ4v) is 6.68. The van der Waals surface area contributed by atoms with Gasteiger partial charge in [0.05, 0.1) is 22.7 Å². The van der Waals surface area contributed by atoms with Crippen LogP contribution in [0, 0.1) is 12.7 Å². The highest BCUT2D eigenvalue weighted by Gasteiger charge is 2.44. The zero-order valence-corrected chi connectivity index (χ0v) is 25.8. The highest BCUT2D eigenvalue weighted by molar-refractivity contribution is 9.10. The van der Waals surface area contributed by atoms with E-state index >= 15 is 0 Å². The average molecular weight is 633 g/mol. The van der Waals surface area contributed by atoms with Gasteiger partial charge in [0.15, 0.2) is 0 Å². The number of fused-ring (bicyclic) bond motifs is 2. The lowest BCUT2D eigenvalue weighted by atomic mass is 9.78. The van der Waals surface area contributed by atoms with Crippen LogP contribution in [-0.4, -0.2) is 49.1 Å². The maximum Gasteiger partial charge on any atom is 0.251 e. The number of carbonyl (C=O) groups is 1. The van der Waals surface area contributed by atoms with Crippen LogP contribution in [0.2, 0.25) is 0 Å². The van der Waals surface area contributed by atoms with E-state index in [1.165, 1.54) is 34.4 Å². The standard InChI is InChI=1S/C35H39BrFN3O2/c1-24-5-2-3-7-26(24)17-19-40(29-13-14-29)34(41)30-16-18-35(23-38-22-32(30)39-35)27-10-8-25(9-11-27)6-4-20-42-33-21-28(37)12-15-31(33)36/h2-3,5,7-12,15-16,21,29,32,38-39H,4,6,13-14,17-20,22-23H2,1H3. The van der Waals surface area contributed by atoms with Crippen molar-refractivity contribution >= 4 is 21.8 Å². The zero-order valence-electron chi connectivity index (χ0n) is 24.2. The molecule has 2 unspecified atom stereocenters. The van der Waals surface area contributed by atoms with Crippen molar-refractivity contribution in [3.8, 4) is 5.75 Å². The maximum atomic E-state index is 13.9. The summed E-state index contributed by atoms with van der Waals surface area (Å²) in [4.78, 5) is 16.0. The van der Waals surface area contributed by atoms with Crippen LogP contribution < -0.4 is 15.4 Å². The molecule has 6 rings (SSSR count). The normalized spacial score (nSPS) is 21.5. The Morgan fingerprint density at radius 3 is 2.69 bits per heavy atom. The number of hydrogen-bond donors (Lipinski definition) is 2. The molecule has 0 radical (unpaired) electrons. The number of nitrogens with one attached hydrogen (secondary N) is 2. The Morgan fingerprint density at radius 2 is 1.90 bits per heavy atom. The summed E-state index contributed by atoms with van der Waals surface area (Å²) in [6.45, 7) is 5.02. The molecule has 2 heterocycles. The minimum atomic E-state index is -0.302. The molecule has 42 heavy (non-hydrogen) atoms. The van der Waals surface area contributed by atoms with Crippen molar-refractivity contribution in [1.29, 1.82) is 0 Å². The quantitative estimate of drug-likeness (QED) is 0.246. The van der Waals surface area contributed by atoms with Crippen molar-refractivity contribution < 1.29 is 13.9 Å². The lowest BCUT2D eigenvalue weighted by Crippen LogP contribution is -2.65. The van der Waals surface area contributed by atoms with Gasteiger partial charge in [-0.3, -0.25) is 10.1 Å². The molecule has 2 bridgehead atoms. The average Bonchev–Trinajstić information content (AvgIpc) is 3.84. The Morgan fingerprint density at radius 1 is 1.10 bits per heavy atom. The number of aryl methyl sites for hydroxylation is 2. The number of amides is 1. The third-order valence-electron chi connectivity index (χ3n) is 8.92. The summed E-state index contributed by atoms with van der Waals surface area (Å²) in [6, 6.07) is 22.2. The Bertz CT molecular complexity index is 1450. The third-order valence-corrected chi connectivity index (χ3v) is 9.57. The molecular weight excluding hydrogens is 593 g/mol. The van der Waals surface area contributed by atoms with E-state index in [2.05, 4.69) is 93.0 Å². The van der Waals surface area contributed by atoms with Gasteiger partial charge in [0.2, 0.25) is 0 Å². The van der Waals surface area contributed by atoms with E-state index in [1.807, 2.05) is 0 Å². The highest BCUT2D eigenvalue weighted by atomic mass is 79.9.